The lowest BCUT2D eigenvalue weighted by atomic mass is 10.0. The predicted molar refractivity (Wildman–Crippen MR) is 54.4 cm³/mol. The van der Waals surface area contributed by atoms with E-state index in [1.807, 2.05) is 13.1 Å². The van der Waals surface area contributed by atoms with Crippen molar-refractivity contribution in [3.05, 3.63) is 35.6 Å². The van der Waals surface area contributed by atoms with Gasteiger partial charge in [-0.25, -0.2) is 4.39 Å². The van der Waals surface area contributed by atoms with Crippen LogP contribution in [0.25, 0.3) is 0 Å². The molecule has 0 radical (unpaired) electrons. The summed E-state index contributed by atoms with van der Waals surface area (Å²) in [4.78, 5) is 2.18. The highest BCUT2D eigenvalue weighted by molar-refractivity contribution is 5.21. The molecule has 1 saturated heterocycles. The lowest BCUT2D eigenvalue weighted by Crippen LogP contribution is -2.24. The molecule has 2 nitrogen and oxygen atoms in total. The topological polar surface area (TPSA) is 29.3 Å². The highest BCUT2D eigenvalue weighted by atomic mass is 19.1. The fourth-order valence-corrected chi connectivity index (χ4v) is 2.14. The van der Waals surface area contributed by atoms with Crippen molar-refractivity contribution in [1.29, 1.82) is 0 Å². The third-order valence-electron chi connectivity index (χ3n) is 2.81. The van der Waals surface area contributed by atoms with Crippen molar-refractivity contribution in [2.24, 2.45) is 5.73 Å². The van der Waals surface area contributed by atoms with E-state index >= 15 is 0 Å². The Morgan fingerprint density at radius 3 is 2.86 bits per heavy atom. The third kappa shape index (κ3) is 1.79. The number of rotatable bonds is 1. The van der Waals surface area contributed by atoms with Gasteiger partial charge in [-0.1, -0.05) is 12.1 Å². The maximum absolute atomic E-state index is 13.0. The van der Waals surface area contributed by atoms with Crippen LogP contribution in [0.4, 0.5) is 4.39 Å². The molecule has 14 heavy (non-hydrogen) atoms. The third-order valence-corrected chi connectivity index (χ3v) is 2.81. The van der Waals surface area contributed by atoms with Gasteiger partial charge in [-0.3, -0.25) is 4.90 Å². The molecule has 1 aromatic rings. The molecule has 2 unspecified atom stereocenters. The minimum absolute atomic E-state index is 0.170. The number of nitrogens with two attached hydrogens (primary N) is 1. The number of halogens is 1. The van der Waals surface area contributed by atoms with Crippen LogP contribution in [0.2, 0.25) is 0 Å². The molecule has 2 N–H and O–H groups in total. The van der Waals surface area contributed by atoms with Gasteiger partial charge in [-0.15, -0.1) is 0 Å². The van der Waals surface area contributed by atoms with Crippen LogP contribution in [0.1, 0.15) is 18.0 Å². The van der Waals surface area contributed by atoms with Crippen molar-refractivity contribution in [1.82, 2.24) is 4.90 Å². The summed E-state index contributed by atoms with van der Waals surface area (Å²) in [6.07, 6.45) is 0.917. The lowest BCUT2D eigenvalue weighted by molar-refractivity contribution is 0.315. The van der Waals surface area contributed by atoms with E-state index in [9.17, 15) is 4.39 Å². The Bertz CT molecular complexity index is 327. The highest BCUT2D eigenvalue weighted by Crippen LogP contribution is 2.29. The molecule has 1 fully saturated rings. The van der Waals surface area contributed by atoms with Crippen LogP contribution in [0, 0.1) is 5.82 Å². The second-order valence-electron chi connectivity index (χ2n) is 4.01. The van der Waals surface area contributed by atoms with E-state index in [0.717, 1.165) is 18.5 Å². The van der Waals surface area contributed by atoms with Crippen LogP contribution in [0.15, 0.2) is 24.3 Å². The summed E-state index contributed by atoms with van der Waals surface area (Å²) in [5.74, 6) is -0.170. The fourth-order valence-electron chi connectivity index (χ4n) is 2.14. The first-order chi connectivity index (χ1) is 6.66. The second kappa shape index (κ2) is 3.67. The largest absolute Gasteiger partial charge is 0.326 e. The smallest absolute Gasteiger partial charge is 0.123 e. The van der Waals surface area contributed by atoms with Crippen molar-refractivity contribution in [3.8, 4) is 0 Å². The van der Waals surface area contributed by atoms with Gasteiger partial charge in [0, 0.05) is 18.6 Å². The molecule has 2 atom stereocenters. The van der Waals surface area contributed by atoms with E-state index in [0.29, 0.717) is 0 Å². The molecule has 1 aliphatic rings. The number of likely N-dealkylation sites (tertiary alicyclic amines) is 1. The Morgan fingerprint density at radius 2 is 2.29 bits per heavy atom. The van der Waals surface area contributed by atoms with Crippen LogP contribution < -0.4 is 5.73 Å². The van der Waals surface area contributed by atoms with Crippen LogP contribution in [0.5, 0.6) is 0 Å². The van der Waals surface area contributed by atoms with Gasteiger partial charge in [0.25, 0.3) is 0 Å². The van der Waals surface area contributed by atoms with Crippen molar-refractivity contribution < 1.29 is 4.39 Å². The number of hydrogen-bond acceptors (Lipinski definition) is 2. The molecule has 0 saturated carbocycles. The van der Waals surface area contributed by atoms with Gasteiger partial charge in [-0.2, -0.15) is 0 Å². The van der Waals surface area contributed by atoms with Crippen LogP contribution in [-0.2, 0) is 0 Å². The Hall–Kier alpha value is -0.930. The fraction of sp³-hybridized carbons (Fsp3) is 0.455. The molecule has 0 aromatic heterocycles. The van der Waals surface area contributed by atoms with Gasteiger partial charge in [0.1, 0.15) is 5.82 Å². The average Bonchev–Trinajstić information content (AvgIpc) is 2.45. The van der Waals surface area contributed by atoms with Crippen molar-refractivity contribution >= 4 is 0 Å². The molecule has 1 aromatic carbocycles. The zero-order valence-electron chi connectivity index (χ0n) is 8.28. The second-order valence-corrected chi connectivity index (χ2v) is 4.01. The van der Waals surface area contributed by atoms with Gasteiger partial charge < -0.3 is 5.73 Å². The minimum atomic E-state index is -0.170. The average molecular weight is 194 g/mol. The first-order valence-electron chi connectivity index (χ1n) is 4.88. The van der Waals surface area contributed by atoms with E-state index in [1.165, 1.54) is 6.07 Å². The number of nitrogens with zero attached hydrogens (tertiary/aromatic N) is 1. The molecular formula is C11H15FN2. The first kappa shape index (κ1) is 9.62. The molecule has 76 valence electrons. The summed E-state index contributed by atoms with van der Waals surface area (Å²) in [6.45, 7) is 0.890. The van der Waals surface area contributed by atoms with Crippen molar-refractivity contribution in [3.63, 3.8) is 0 Å². The first-order valence-corrected chi connectivity index (χ1v) is 4.88. The monoisotopic (exact) mass is 194 g/mol. The van der Waals surface area contributed by atoms with Gasteiger partial charge >= 0.3 is 0 Å². The molecule has 1 aliphatic heterocycles. The van der Waals surface area contributed by atoms with Crippen LogP contribution in [-0.4, -0.2) is 24.5 Å². The lowest BCUT2D eigenvalue weighted by Gasteiger charge is -2.19. The van der Waals surface area contributed by atoms with Crippen molar-refractivity contribution in [2.75, 3.05) is 13.6 Å². The van der Waals surface area contributed by atoms with E-state index in [1.54, 1.807) is 12.1 Å². The Kier molecular flexibility index (Phi) is 2.52. The summed E-state index contributed by atoms with van der Waals surface area (Å²) in [7, 11) is 2.03. The standard InChI is InChI=1S/C11H15FN2/c1-14-7-10(13)6-11(14)8-3-2-4-9(12)5-8/h2-5,10-11H,6-7,13H2,1H3. The van der Waals surface area contributed by atoms with Gasteiger partial charge in [-0.05, 0) is 31.2 Å². The molecule has 0 bridgehead atoms. The highest BCUT2D eigenvalue weighted by Gasteiger charge is 2.28. The van der Waals surface area contributed by atoms with E-state index in [2.05, 4.69) is 4.90 Å². The van der Waals surface area contributed by atoms with Crippen molar-refractivity contribution in [2.45, 2.75) is 18.5 Å². The molecule has 1 heterocycles. The maximum Gasteiger partial charge on any atom is 0.123 e. The Balaban J connectivity index is 2.23. The summed E-state index contributed by atoms with van der Waals surface area (Å²) in [6, 6.07) is 7.27. The maximum atomic E-state index is 13.0. The van der Waals surface area contributed by atoms with E-state index in [4.69, 9.17) is 5.73 Å². The van der Waals surface area contributed by atoms with Gasteiger partial charge in [0.15, 0.2) is 0 Å². The zero-order valence-corrected chi connectivity index (χ0v) is 8.28. The molecule has 0 aliphatic carbocycles. The van der Waals surface area contributed by atoms with E-state index in [-0.39, 0.29) is 17.9 Å². The molecular weight excluding hydrogens is 179 g/mol. The van der Waals surface area contributed by atoms with E-state index < -0.39 is 0 Å². The SMILES string of the molecule is CN1CC(N)CC1c1cccc(F)c1. The minimum Gasteiger partial charge on any atom is -0.326 e. The van der Waals surface area contributed by atoms with Crippen LogP contribution in [0.3, 0.4) is 0 Å². The summed E-state index contributed by atoms with van der Waals surface area (Å²) < 4.78 is 13.0. The Labute approximate surface area is 83.5 Å². The van der Waals surface area contributed by atoms with Crippen LogP contribution >= 0.6 is 0 Å². The molecule has 2 rings (SSSR count). The summed E-state index contributed by atoms with van der Waals surface area (Å²) in [5, 5.41) is 0. The number of likely N-dealkylation sites (N-methyl/N-ethyl adjacent to an activating group) is 1. The summed E-state index contributed by atoms with van der Waals surface area (Å²) in [5.41, 5.74) is 6.88. The number of hydrogen-bond donors (Lipinski definition) is 1. The molecule has 0 spiro atoms. The quantitative estimate of drug-likeness (QED) is 0.734. The summed E-state index contributed by atoms with van der Waals surface area (Å²) >= 11 is 0. The van der Waals surface area contributed by atoms with Gasteiger partial charge in [0.05, 0.1) is 0 Å². The molecule has 0 amide bonds. The zero-order chi connectivity index (χ0) is 10.1. The predicted octanol–water partition coefficient (Wildman–Crippen LogP) is 1.53. The normalized spacial score (nSPS) is 28.2. The van der Waals surface area contributed by atoms with Gasteiger partial charge in [0.2, 0.25) is 0 Å². The Morgan fingerprint density at radius 1 is 1.50 bits per heavy atom. The number of benzene rings is 1. The molecule has 3 heteroatoms.